The quantitative estimate of drug-likeness (QED) is 0.264. The number of carbonyl (C=O) groups is 1. The van der Waals surface area contributed by atoms with Crippen molar-refractivity contribution in [2.45, 2.75) is 58.2 Å². The Morgan fingerprint density at radius 3 is 2.50 bits per heavy atom. The van der Waals surface area contributed by atoms with E-state index in [1.807, 2.05) is 56.6 Å². The number of anilines is 2. The van der Waals surface area contributed by atoms with Gasteiger partial charge in [0.25, 0.3) is 5.91 Å². The summed E-state index contributed by atoms with van der Waals surface area (Å²) < 4.78 is 0. The number of hydrogen-bond acceptors (Lipinski definition) is 9. The fraction of sp³-hybridized carbons (Fsp3) is 0.419. The van der Waals surface area contributed by atoms with Crippen LogP contribution in [0.5, 0.6) is 0 Å². The smallest absolute Gasteiger partial charge is 0.276 e. The molecule has 3 N–H and O–H groups in total. The number of likely N-dealkylation sites (tertiary alicyclic amines) is 1. The summed E-state index contributed by atoms with van der Waals surface area (Å²) in [4.78, 5) is 37.4. The highest BCUT2D eigenvalue weighted by molar-refractivity contribution is 6.11. The van der Waals surface area contributed by atoms with Gasteiger partial charge in [-0.05, 0) is 67.1 Å². The molecule has 2 aliphatic heterocycles. The first kappa shape index (κ1) is 29.3. The molecular formula is C31H38N8O3. The van der Waals surface area contributed by atoms with Crippen LogP contribution in [0.4, 0.5) is 11.5 Å². The second kappa shape index (κ2) is 13.6. The zero-order valence-corrected chi connectivity index (χ0v) is 24.2. The summed E-state index contributed by atoms with van der Waals surface area (Å²) in [5.41, 5.74) is 4.66. The Hall–Kier alpha value is -4.22. The number of hydrogen-bond donors (Lipinski definition) is 3. The van der Waals surface area contributed by atoms with Crippen LogP contribution in [0, 0.1) is 4.91 Å². The molecule has 2 aliphatic rings. The van der Waals surface area contributed by atoms with Crippen molar-refractivity contribution >= 4 is 28.3 Å². The zero-order valence-electron chi connectivity index (χ0n) is 24.2. The van der Waals surface area contributed by atoms with Gasteiger partial charge in [-0.2, -0.15) is 10.0 Å². The number of amides is 1. The Balaban J connectivity index is 0.00000173. The largest absolute Gasteiger partial charge is 0.393 e. The van der Waals surface area contributed by atoms with Gasteiger partial charge in [0.2, 0.25) is 0 Å². The van der Waals surface area contributed by atoms with E-state index in [4.69, 9.17) is 0 Å². The molecule has 6 rings (SSSR count). The Kier molecular flexibility index (Phi) is 9.50. The number of nitrogens with one attached hydrogen (secondary N) is 2. The number of nitroso groups, excluding NO2 is 1. The molecule has 0 radical (unpaired) electrons. The normalized spacial score (nSPS) is 16.6. The maximum absolute atomic E-state index is 13.2. The molecule has 4 aromatic rings. The highest BCUT2D eigenvalue weighted by Crippen LogP contribution is 2.27. The van der Waals surface area contributed by atoms with Crippen LogP contribution in [0.3, 0.4) is 0 Å². The molecule has 1 amide bonds. The lowest BCUT2D eigenvalue weighted by atomic mass is 10.0. The molecule has 220 valence electrons. The van der Waals surface area contributed by atoms with Crippen LogP contribution in [0.2, 0.25) is 0 Å². The fourth-order valence-electron chi connectivity index (χ4n) is 5.47. The number of H-pyrrole nitrogens is 1. The number of aliphatic hydroxyl groups is 1. The molecule has 0 unspecified atom stereocenters. The van der Waals surface area contributed by atoms with Gasteiger partial charge in [0.1, 0.15) is 5.82 Å². The van der Waals surface area contributed by atoms with Gasteiger partial charge in [-0.15, -0.1) is 0 Å². The number of carbonyl (C=O) groups excluding carboxylic acids is 1. The molecule has 0 spiro atoms. The average molecular weight is 571 g/mol. The van der Waals surface area contributed by atoms with E-state index in [0.29, 0.717) is 11.4 Å². The Labute approximate surface area is 245 Å². The predicted molar refractivity (Wildman–Crippen MR) is 164 cm³/mol. The molecule has 0 aliphatic carbocycles. The summed E-state index contributed by atoms with van der Waals surface area (Å²) in [5, 5.41) is 23.8. The lowest BCUT2D eigenvalue weighted by Gasteiger charge is -2.30. The first-order valence-corrected chi connectivity index (χ1v) is 14.7. The van der Waals surface area contributed by atoms with Crippen LogP contribution in [0.25, 0.3) is 22.0 Å². The van der Waals surface area contributed by atoms with Crippen molar-refractivity contribution < 1.29 is 9.90 Å². The molecule has 0 atom stereocenters. The molecule has 5 heterocycles. The minimum Gasteiger partial charge on any atom is -0.393 e. The molecule has 1 aromatic carbocycles. The summed E-state index contributed by atoms with van der Waals surface area (Å²) in [6.07, 6.45) is 8.15. The lowest BCUT2D eigenvalue weighted by Crippen LogP contribution is -2.36. The predicted octanol–water partition coefficient (Wildman–Crippen LogP) is 4.99. The van der Waals surface area contributed by atoms with Gasteiger partial charge in [-0.1, -0.05) is 25.1 Å². The van der Waals surface area contributed by atoms with E-state index in [1.165, 1.54) is 0 Å². The van der Waals surface area contributed by atoms with Gasteiger partial charge in [0.15, 0.2) is 5.69 Å². The SMILES string of the molecule is CC.O=NC1CCN(Cc2cncc(-c3ccc4[nH]nc(C(=O)Nc5ccc(N6CCC(O)CC6)nc5)c4c3)c2)CC1. The maximum Gasteiger partial charge on any atom is 0.276 e. The van der Waals surface area contributed by atoms with Crippen molar-refractivity contribution in [2.24, 2.45) is 5.18 Å². The average Bonchev–Trinajstić information content (AvgIpc) is 3.47. The number of aromatic nitrogens is 4. The van der Waals surface area contributed by atoms with Crippen molar-refractivity contribution in [1.29, 1.82) is 0 Å². The number of fused-ring (bicyclic) bond motifs is 1. The summed E-state index contributed by atoms with van der Waals surface area (Å²) in [5.74, 6) is 0.511. The van der Waals surface area contributed by atoms with Gasteiger partial charge >= 0.3 is 0 Å². The summed E-state index contributed by atoms with van der Waals surface area (Å²) >= 11 is 0. The second-order valence-corrected chi connectivity index (χ2v) is 10.6. The summed E-state index contributed by atoms with van der Waals surface area (Å²) in [6, 6.07) is 11.6. The third-order valence-electron chi connectivity index (χ3n) is 7.81. The van der Waals surface area contributed by atoms with E-state index in [0.717, 1.165) is 91.8 Å². The first-order chi connectivity index (χ1) is 20.6. The van der Waals surface area contributed by atoms with Crippen LogP contribution >= 0.6 is 0 Å². The Bertz CT molecular complexity index is 1490. The van der Waals surface area contributed by atoms with Gasteiger partial charge < -0.3 is 15.3 Å². The highest BCUT2D eigenvalue weighted by Gasteiger charge is 2.21. The van der Waals surface area contributed by atoms with Crippen molar-refractivity contribution in [3.05, 3.63) is 71.2 Å². The fourth-order valence-corrected chi connectivity index (χ4v) is 5.47. The van der Waals surface area contributed by atoms with E-state index >= 15 is 0 Å². The molecule has 42 heavy (non-hydrogen) atoms. The molecule has 11 heteroatoms. The van der Waals surface area contributed by atoms with Crippen molar-refractivity contribution in [2.75, 3.05) is 36.4 Å². The first-order valence-electron chi connectivity index (χ1n) is 14.7. The number of piperidine rings is 2. The molecule has 3 aromatic heterocycles. The molecule has 2 fully saturated rings. The molecule has 11 nitrogen and oxygen atoms in total. The van der Waals surface area contributed by atoms with Gasteiger partial charge in [0, 0.05) is 56.1 Å². The number of nitrogens with zero attached hydrogens (tertiary/aromatic N) is 6. The van der Waals surface area contributed by atoms with Crippen LogP contribution in [-0.4, -0.2) is 74.4 Å². The van der Waals surface area contributed by atoms with E-state index in [1.54, 1.807) is 6.20 Å². The molecule has 0 bridgehead atoms. The Morgan fingerprint density at radius 2 is 1.79 bits per heavy atom. The molecular weight excluding hydrogens is 532 g/mol. The molecule has 2 saturated heterocycles. The summed E-state index contributed by atoms with van der Waals surface area (Å²) in [7, 11) is 0. The number of aliphatic hydroxyl groups excluding tert-OH is 1. The number of pyridine rings is 2. The minimum atomic E-state index is -0.320. The van der Waals surface area contributed by atoms with Crippen LogP contribution in [0.15, 0.2) is 60.2 Å². The van der Waals surface area contributed by atoms with E-state index in [-0.39, 0.29) is 18.1 Å². The molecule has 0 saturated carbocycles. The van der Waals surface area contributed by atoms with E-state index < -0.39 is 0 Å². The van der Waals surface area contributed by atoms with Crippen molar-refractivity contribution in [3.8, 4) is 11.1 Å². The van der Waals surface area contributed by atoms with Gasteiger partial charge in [-0.25, -0.2) is 4.98 Å². The third-order valence-corrected chi connectivity index (χ3v) is 7.81. The number of aromatic amines is 1. The highest BCUT2D eigenvalue weighted by atomic mass is 16.3. The standard InChI is InChI=1S/C29H32N8O3.C2H6/c38-24-7-11-37(12-8-24)27-4-2-23(17-31-27)32-29(39)28-25-14-20(1-3-26(25)33-34-28)21-13-19(15-30-16-21)18-36-9-5-22(35-40)6-10-36;1-2/h1-4,13-17,22,24,38H,5-12,18H2,(H,32,39)(H,33,34);1-2H3. The topological polar surface area (TPSA) is 140 Å². The number of rotatable bonds is 7. The van der Waals surface area contributed by atoms with E-state index in [9.17, 15) is 14.8 Å². The maximum atomic E-state index is 13.2. The minimum absolute atomic E-state index is 0.0696. The van der Waals surface area contributed by atoms with Crippen LogP contribution in [-0.2, 0) is 6.54 Å². The van der Waals surface area contributed by atoms with Crippen LogP contribution in [0.1, 0.15) is 55.6 Å². The van der Waals surface area contributed by atoms with E-state index in [2.05, 4.69) is 46.5 Å². The Morgan fingerprint density at radius 1 is 1.00 bits per heavy atom. The lowest BCUT2D eigenvalue weighted by molar-refractivity contribution is 0.102. The summed E-state index contributed by atoms with van der Waals surface area (Å²) in [6.45, 7) is 7.98. The second-order valence-electron chi connectivity index (χ2n) is 10.6. The van der Waals surface area contributed by atoms with Gasteiger partial charge in [0.05, 0.1) is 29.5 Å². The van der Waals surface area contributed by atoms with Gasteiger partial charge in [-0.3, -0.25) is 19.8 Å². The van der Waals surface area contributed by atoms with Crippen molar-refractivity contribution in [1.82, 2.24) is 25.1 Å². The third kappa shape index (κ3) is 6.80. The monoisotopic (exact) mass is 570 g/mol. The van der Waals surface area contributed by atoms with Crippen LogP contribution < -0.4 is 10.2 Å². The zero-order chi connectivity index (χ0) is 29.5. The number of benzene rings is 1. The van der Waals surface area contributed by atoms with Crippen molar-refractivity contribution in [3.63, 3.8) is 0 Å².